The summed E-state index contributed by atoms with van der Waals surface area (Å²) in [5, 5.41) is 0. The van der Waals surface area contributed by atoms with Crippen LogP contribution in [0.15, 0.2) is 71.7 Å². The molecule has 0 aliphatic carbocycles. The van der Waals surface area contributed by atoms with Gasteiger partial charge in [0.1, 0.15) is 11.9 Å². The molecule has 1 heterocycles. The van der Waals surface area contributed by atoms with E-state index in [1.807, 2.05) is 31.2 Å². The minimum Gasteiger partial charge on any atom is -0.446 e. The lowest BCUT2D eigenvalue weighted by Crippen LogP contribution is -2.43. The molecule has 0 radical (unpaired) electrons. The Kier molecular flexibility index (Phi) is 7.85. The smallest absolute Gasteiger partial charge is 0.410 e. The lowest BCUT2D eigenvalue weighted by atomic mass is 10.1. The highest BCUT2D eigenvalue weighted by Crippen LogP contribution is 2.27. The molecule has 2 atom stereocenters. The standard InChI is InChI=1S/C15H18BrNO2.C6H5F/c1-3-5-14-8-9-17(15(18)19-14)11(2)12-6-4-7-13(16)10-12;7-6-4-2-1-3-5-6/h3-4,6-7,10-11,14H,1,5,8-9H2,2H3;1-5H. The summed E-state index contributed by atoms with van der Waals surface area (Å²) in [5.41, 5.74) is 1.11. The number of rotatable bonds is 4. The summed E-state index contributed by atoms with van der Waals surface area (Å²) in [6.07, 6.45) is 3.13. The zero-order valence-corrected chi connectivity index (χ0v) is 16.4. The van der Waals surface area contributed by atoms with E-state index in [0.29, 0.717) is 0 Å². The lowest BCUT2D eigenvalue weighted by molar-refractivity contribution is 0.0146. The Balaban J connectivity index is 0.000000290. The maximum Gasteiger partial charge on any atom is 0.410 e. The van der Waals surface area contributed by atoms with E-state index in [1.165, 1.54) is 12.1 Å². The van der Waals surface area contributed by atoms with Crippen LogP contribution >= 0.6 is 15.9 Å². The van der Waals surface area contributed by atoms with Crippen molar-refractivity contribution in [3.63, 3.8) is 0 Å². The molecule has 0 N–H and O–H groups in total. The summed E-state index contributed by atoms with van der Waals surface area (Å²) < 4.78 is 18.3. The number of hydrogen-bond acceptors (Lipinski definition) is 2. The van der Waals surface area contributed by atoms with Crippen molar-refractivity contribution in [1.82, 2.24) is 4.90 Å². The first kappa shape index (κ1) is 20.2. The molecule has 138 valence electrons. The van der Waals surface area contributed by atoms with Crippen molar-refractivity contribution in [2.24, 2.45) is 0 Å². The molecule has 3 nitrogen and oxygen atoms in total. The molecule has 1 amide bonds. The van der Waals surface area contributed by atoms with Crippen molar-refractivity contribution >= 4 is 22.0 Å². The van der Waals surface area contributed by atoms with Crippen LogP contribution in [0.25, 0.3) is 0 Å². The van der Waals surface area contributed by atoms with Crippen LogP contribution in [0.3, 0.4) is 0 Å². The van der Waals surface area contributed by atoms with Gasteiger partial charge >= 0.3 is 6.09 Å². The molecule has 2 aromatic rings. The maximum absolute atomic E-state index is 12.0. The summed E-state index contributed by atoms with van der Waals surface area (Å²) in [6, 6.07) is 16.0. The molecule has 3 rings (SSSR count). The van der Waals surface area contributed by atoms with Crippen LogP contribution in [-0.2, 0) is 4.74 Å². The SMILES string of the molecule is C=CCC1CCN(C(C)c2cccc(Br)c2)C(=O)O1.Fc1ccccc1. The number of halogens is 2. The third kappa shape index (κ3) is 5.99. The normalized spacial score (nSPS) is 17.6. The van der Waals surface area contributed by atoms with Gasteiger partial charge in [0.15, 0.2) is 0 Å². The molecule has 2 aromatic carbocycles. The van der Waals surface area contributed by atoms with E-state index in [9.17, 15) is 9.18 Å². The Hall–Kier alpha value is -2.14. The van der Waals surface area contributed by atoms with Crippen LogP contribution in [0.4, 0.5) is 9.18 Å². The molecule has 1 fully saturated rings. The van der Waals surface area contributed by atoms with E-state index in [-0.39, 0.29) is 24.1 Å². The fraction of sp³-hybridized carbons (Fsp3) is 0.286. The quantitative estimate of drug-likeness (QED) is 0.558. The predicted octanol–water partition coefficient (Wildman–Crippen LogP) is 6.12. The van der Waals surface area contributed by atoms with Gasteiger partial charge in [-0.05, 0) is 36.8 Å². The van der Waals surface area contributed by atoms with E-state index < -0.39 is 0 Å². The number of amides is 1. The highest BCUT2D eigenvalue weighted by Gasteiger charge is 2.30. The topological polar surface area (TPSA) is 29.5 Å². The van der Waals surface area contributed by atoms with E-state index >= 15 is 0 Å². The van der Waals surface area contributed by atoms with Gasteiger partial charge in [-0.25, -0.2) is 9.18 Å². The molecular formula is C21H23BrFNO2. The lowest BCUT2D eigenvalue weighted by Gasteiger charge is -2.35. The monoisotopic (exact) mass is 419 g/mol. The van der Waals surface area contributed by atoms with E-state index in [2.05, 4.69) is 22.5 Å². The fourth-order valence-electron chi connectivity index (χ4n) is 2.71. The fourth-order valence-corrected chi connectivity index (χ4v) is 3.13. The van der Waals surface area contributed by atoms with Crippen LogP contribution in [0.2, 0.25) is 0 Å². The van der Waals surface area contributed by atoms with Crippen molar-refractivity contribution in [2.75, 3.05) is 6.54 Å². The van der Waals surface area contributed by atoms with Gasteiger partial charge < -0.3 is 9.64 Å². The second-order valence-electron chi connectivity index (χ2n) is 6.04. The number of benzene rings is 2. The second kappa shape index (κ2) is 10.1. The largest absolute Gasteiger partial charge is 0.446 e. The van der Waals surface area contributed by atoms with E-state index in [0.717, 1.165) is 29.4 Å². The van der Waals surface area contributed by atoms with Gasteiger partial charge in [-0.15, -0.1) is 6.58 Å². The molecular weight excluding hydrogens is 397 g/mol. The second-order valence-corrected chi connectivity index (χ2v) is 6.95. The Morgan fingerprint density at radius 3 is 2.58 bits per heavy atom. The molecule has 26 heavy (non-hydrogen) atoms. The number of hydrogen-bond donors (Lipinski definition) is 0. The predicted molar refractivity (Wildman–Crippen MR) is 105 cm³/mol. The van der Waals surface area contributed by atoms with Gasteiger partial charge in [-0.1, -0.05) is 52.3 Å². The molecule has 0 spiro atoms. The minimum absolute atomic E-state index is 0.0176. The molecule has 5 heteroatoms. The summed E-state index contributed by atoms with van der Waals surface area (Å²) in [7, 11) is 0. The first-order valence-corrected chi connectivity index (χ1v) is 9.34. The highest BCUT2D eigenvalue weighted by molar-refractivity contribution is 9.10. The highest BCUT2D eigenvalue weighted by atomic mass is 79.9. The first-order valence-electron chi connectivity index (χ1n) is 8.55. The summed E-state index contributed by atoms with van der Waals surface area (Å²) in [5.74, 6) is -0.178. The van der Waals surface area contributed by atoms with Gasteiger partial charge in [0.05, 0.1) is 6.04 Å². The van der Waals surface area contributed by atoms with Crippen LogP contribution in [0.5, 0.6) is 0 Å². The molecule has 1 aliphatic heterocycles. The van der Waals surface area contributed by atoms with Crippen molar-refractivity contribution in [2.45, 2.75) is 31.9 Å². The summed E-state index contributed by atoms with van der Waals surface area (Å²) in [4.78, 5) is 13.8. The third-order valence-electron chi connectivity index (χ3n) is 4.16. The summed E-state index contributed by atoms with van der Waals surface area (Å²) >= 11 is 3.45. The first-order chi connectivity index (χ1) is 12.5. The number of nitrogens with zero attached hydrogens (tertiary/aromatic N) is 1. The minimum atomic E-state index is -0.231. The van der Waals surface area contributed by atoms with Crippen LogP contribution < -0.4 is 0 Å². The Bertz CT molecular complexity index is 723. The average Bonchev–Trinajstić information content (AvgIpc) is 2.63. The molecule has 1 saturated heterocycles. The van der Waals surface area contributed by atoms with Gasteiger partial charge in [-0.2, -0.15) is 0 Å². The Morgan fingerprint density at radius 1 is 1.31 bits per heavy atom. The van der Waals surface area contributed by atoms with E-state index in [4.69, 9.17) is 4.74 Å². The third-order valence-corrected chi connectivity index (χ3v) is 4.65. The van der Waals surface area contributed by atoms with Crippen molar-refractivity contribution in [3.8, 4) is 0 Å². The number of carbonyl (C=O) groups is 1. The Labute approximate surface area is 162 Å². The average molecular weight is 420 g/mol. The van der Waals surface area contributed by atoms with Gasteiger partial charge in [0.2, 0.25) is 0 Å². The zero-order valence-electron chi connectivity index (χ0n) is 14.8. The van der Waals surface area contributed by atoms with Gasteiger partial charge in [0, 0.05) is 23.9 Å². The van der Waals surface area contributed by atoms with Crippen molar-refractivity contribution in [3.05, 3.63) is 83.1 Å². The molecule has 0 aromatic heterocycles. The van der Waals surface area contributed by atoms with Crippen molar-refractivity contribution in [1.29, 1.82) is 0 Å². The number of carbonyl (C=O) groups excluding carboxylic acids is 1. The number of cyclic esters (lactones) is 1. The molecule has 0 bridgehead atoms. The Morgan fingerprint density at radius 2 is 2.04 bits per heavy atom. The molecule has 1 aliphatic rings. The van der Waals surface area contributed by atoms with Gasteiger partial charge in [0.25, 0.3) is 0 Å². The summed E-state index contributed by atoms with van der Waals surface area (Å²) in [6.45, 7) is 6.43. The van der Waals surface area contributed by atoms with Crippen LogP contribution in [-0.4, -0.2) is 23.6 Å². The zero-order chi connectivity index (χ0) is 18.9. The van der Waals surface area contributed by atoms with Crippen LogP contribution in [0.1, 0.15) is 31.4 Å². The molecule has 0 saturated carbocycles. The van der Waals surface area contributed by atoms with Gasteiger partial charge in [-0.3, -0.25) is 0 Å². The van der Waals surface area contributed by atoms with E-state index in [1.54, 1.807) is 29.2 Å². The molecule has 2 unspecified atom stereocenters. The maximum atomic E-state index is 12.0. The number of ether oxygens (including phenoxy) is 1. The van der Waals surface area contributed by atoms with Crippen LogP contribution in [0, 0.1) is 5.82 Å². The van der Waals surface area contributed by atoms with Crippen molar-refractivity contribution < 1.29 is 13.9 Å².